The van der Waals surface area contributed by atoms with Gasteiger partial charge in [-0.1, -0.05) is 6.07 Å². The van der Waals surface area contributed by atoms with E-state index in [1.54, 1.807) is 13.2 Å². The Bertz CT molecular complexity index is 1050. The van der Waals surface area contributed by atoms with Crippen molar-refractivity contribution in [2.24, 2.45) is 0 Å². The van der Waals surface area contributed by atoms with Gasteiger partial charge in [-0.25, -0.2) is 15.0 Å². The molecule has 0 unspecified atom stereocenters. The van der Waals surface area contributed by atoms with Crippen LogP contribution in [0.2, 0.25) is 0 Å². The van der Waals surface area contributed by atoms with Gasteiger partial charge < -0.3 is 16.0 Å². The first-order valence-electron chi connectivity index (χ1n) is 9.04. The fraction of sp³-hybridized carbons (Fsp3) is 0.250. The highest BCUT2D eigenvalue weighted by Gasteiger charge is 2.22. The van der Waals surface area contributed by atoms with E-state index in [1.807, 2.05) is 44.2 Å². The Morgan fingerprint density at radius 3 is 2.62 bits per heavy atom. The van der Waals surface area contributed by atoms with Gasteiger partial charge in [-0.15, -0.1) is 11.3 Å². The summed E-state index contributed by atoms with van der Waals surface area (Å²) >= 11 is 1.33. The molecule has 150 valence electrons. The van der Waals surface area contributed by atoms with Crippen molar-refractivity contribution < 1.29 is 9.59 Å². The quantitative estimate of drug-likeness (QED) is 0.576. The topological polar surface area (TPSA) is 109 Å². The number of thiazole rings is 1. The highest BCUT2D eigenvalue weighted by Crippen LogP contribution is 2.33. The van der Waals surface area contributed by atoms with E-state index >= 15 is 0 Å². The number of nitrogens with zero attached hydrogens (tertiary/aromatic N) is 3. The van der Waals surface area contributed by atoms with Gasteiger partial charge in [0.15, 0.2) is 0 Å². The number of rotatable bonds is 6. The third-order valence-electron chi connectivity index (χ3n) is 4.03. The van der Waals surface area contributed by atoms with Crippen molar-refractivity contribution in [1.29, 1.82) is 0 Å². The van der Waals surface area contributed by atoms with E-state index in [0.717, 1.165) is 5.56 Å². The lowest BCUT2D eigenvalue weighted by Gasteiger charge is -2.08. The summed E-state index contributed by atoms with van der Waals surface area (Å²) in [5.74, 6) is 0.822. The summed E-state index contributed by atoms with van der Waals surface area (Å²) in [4.78, 5) is 37.8. The van der Waals surface area contributed by atoms with E-state index in [4.69, 9.17) is 0 Å². The minimum Gasteiger partial charge on any atom is -0.354 e. The SMILES string of the molecule is CNC(=O)c1nc([C@H](C)NC(C)=O)sc1-c1cccc(Nc2cc(C)ccn2)n1. The standard InChI is InChI=1S/C20H22N6O2S/c1-11-8-9-22-16(10-11)25-15-7-5-6-14(24-15)18-17(19(28)21-4)26-20(29-18)12(2)23-13(3)27/h5-10,12H,1-4H3,(H,21,28)(H,23,27)(H,22,24,25)/t12-/m0/s1. The average Bonchev–Trinajstić information content (AvgIpc) is 3.13. The van der Waals surface area contributed by atoms with Gasteiger partial charge in [0.2, 0.25) is 5.91 Å². The Kier molecular flexibility index (Phi) is 6.18. The van der Waals surface area contributed by atoms with Crippen LogP contribution in [0.3, 0.4) is 0 Å². The molecule has 1 atom stereocenters. The van der Waals surface area contributed by atoms with Crippen LogP contribution in [-0.4, -0.2) is 33.8 Å². The molecule has 8 nitrogen and oxygen atoms in total. The second kappa shape index (κ2) is 8.78. The maximum Gasteiger partial charge on any atom is 0.271 e. The second-order valence-corrected chi connectivity index (χ2v) is 7.51. The van der Waals surface area contributed by atoms with E-state index in [0.29, 0.717) is 27.2 Å². The first-order valence-corrected chi connectivity index (χ1v) is 9.86. The summed E-state index contributed by atoms with van der Waals surface area (Å²) in [7, 11) is 1.55. The van der Waals surface area contributed by atoms with Crippen molar-refractivity contribution in [3.8, 4) is 10.6 Å². The number of amides is 2. The van der Waals surface area contributed by atoms with Crippen LogP contribution in [0, 0.1) is 6.92 Å². The first kappa shape index (κ1) is 20.4. The number of nitrogens with one attached hydrogen (secondary N) is 3. The normalized spacial score (nSPS) is 11.6. The molecule has 0 bridgehead atoms. The van der Waals surface area contributed by atoms with Crippen LogP contribution in [-0.2, 0) is 4.79 Å². The minimum absolute atomic E-state index is 0.161. The summed E-state index contributed by atoms with van der Waals surface area (Å²) in [6.07, 6.45) is 1.73. The molecule has 0 aliphatic carbocycles. The molecule has 0 fully saturated rings. The average molecular weight is 411 g/mol. The first-order chi connectivity index (χ1) is 13.9. The fourth-order valence-electron chi connectivity index (χ4n) is 2.70. The van der Waals surface area contributed by atoms with E-state index in [9.17, 15) is 9.59 Å². The molecule has 0 saturated heterocycles. The minimum atomic E-state index is -0.313. The van der Waals surface area contributed by atoms with Crippen LogP contribution in [0.15, 0.2) is 36.5 Å². The predicted molar refractivity (Wildman–Crippen MR) is 113 cm³/mol. The number of carbonyl (C=O) groups excluding carboxylic acids is 2. The molecular formula is C20H22N6O2S. The third-order valence-corrected chi connectivity index (χ3v) is 5.29. The maximum atomic E-state index is 12.4. The Labute approximate surface area is 172 Å². The molecule has 0 aliphatic rings. The number of anilines is 2. The Hall–Kier alpha value is -3.33. The molecule has 29 heavy (non-hydrogen) atoms. The van der Waals surface area contributed by atoms with Gasteiger partial charge in [0.05, 0.1) is 16.6 Å². The van der Waals surface area contributed by atoms with Gasteiger partial charge >= 0.3 is 0 Å². The van der Waals surface area contributed by atoms with Crippen LogP contribution < -0.4 is 16.0 Å². The molecule has 2 amide bonds. The third kappa shape index (κ3) is 4.94. The zero-order valence-electron chi connectivity index (χ0n) is 16.6. The molecule has 0 saturated carbocycles. The van der Waals surface area contributed by atoms with Crippen LogP contribution in [0.5, 0.6) is 0 Å². The lowest BCUT2D eigenvalue weighted by Crippen LogP contribution is -2.24. The zero-order chi connectivity index (χ0) is 21.0. The molecule has 0 spiro atoms. The zero-order valence-corrected chi connectivity index (χ0v) is 17.4. The van der Waals surface area contributed by atoms with E-state index in [-0.39, 0.29) is 23.6 Å². The largest absolute Gasteiger partial charge is 0.354 e. The van der Waals surface area contributed by atoms with Crippen molar-refractivity contribution in [3.63, 3.8) is 0 Å². The van der Waals surface area contributed by atoms with Crippen molar-refractivity contribution >= 4 is 34.8 Å². The van der Waals surface area contributed by atoms with Crippen LogP contribution >= 0.6 is 11.3 Å². The number of carbonyl (C=O) groups is 2. The fourth-order valence-corrected chi connectivity index (χ4v) is 3.74. The number of hydrogen-bond acceptors (Lipinski definition) is 7. The van der Waals surface area contributed by atoms with Crippen LogP contribution in [0.25, 0.3) is 10.6 Å². The van der Waals surface area contributed by atoms with Gasteiger partial charge in [0, 0.05) is 20.2 Å². The van der Waals surface area contributed by atoms with Crippen molar-refractivity contribution in [2.45, 2.75) is 26.8 Å². The van der Waals surface area contributed by atoms with Crippen LogP contribution in [0.1, 0.15) is 40.9 Å². The lowest BCUT2D eigenvalue weighted by atomic mass is 10.2. The number of pyridine rings is 2. The van der Waals surface area contributed by atoms with Gasteiger partial charge in [-0.2, -0.15) is 0 Å². The molecule has 3 rings (SSSR count). The maximum absolute atomic E-state index is 12.4. The number of hydrogen-bond donors (Lipinski definition) is 3. The molecule has 3 aromatic heterocycles. The molecule has 3 aromatic rings. The lowest BCUT2D eigenvalue weighted by molar-refractivity contribution is -0.119. The van der Waals surface area contributed by atoms with E-state index < -0.39 is 0 Å². The molecule has 3 heterocycles. The highest BCUT2D eigenvalue weighted by molar-refractivity contribution is 7.15. The molecular weight excluding hydrogens is 388 g/mol. The van der Waals surface area contributed by atoms with Crippen molar-refractivity contribution in [1.82, 2.24) is 25.6 Å². The summed E-state index contributed by atoms with van der Waals surface area (Å²) in [6, 6.07) is 9.03. The van der Waals surface area contributed by atoms with E-state index in [1.165, 1.54) is 18.3 Å². The molecule has 0 aromatic carbocycles. The van der Waals surface area contributed by atoms with Gasteiger partial charge in [0.1, 0.15) is 22.3 Å². The highest BCUT2D eigenvalue weighted by atomic mass is 32.1. The number of aromatic nitrogens is 3. The Morgan fingerprint density at radius 1 is 1.14 bits per heavy atom. The molecule has 3 N–H and O–H groups in total. The van der Waals surface area contributed by atoms with Crippen LogP contribution in [0.4, 0.5) is 11.6 Å². The molecule has 9 heteroatoms. The summed E-state index contributed by atoms with van der Waals surface area (Å²) in [5, 5.41) is 9.21. The Balaban J connectivity index is 1.97. The van der Waals surface area contributed by atoms with Gasteiger partial charge in [-0.3, -0.25) is 9.59 Å². The van der Waals surface area contributed by atoms with Gasteiger partial charge in [0.25, 0.3) is 5.91 Å². The van der Waals surface area contributed by atoms with E-state index in [2.05, 4.69) is 30.9 Å². The summed E-state index contributed by atoms with van der Waals surface area (Å²) in [6.45, 7) is 5.26. The van der Waals surface area contributed by atoms with Gasteiger partial charge in [-0.05, 0) is 43.7 Å². The van der Waals surface area contributed by atoms with Crippen molar-refractivity contribution in [3.05, 3.63) is 52.8 Å². The molecule has 0 radical (unpaired) electrons. The smallest absolute Gasteiger partial charge is 0.271 e. The Morgan fingerprint density at radius 2 is 1.93 bits per heavy atom. The summed E-state index contributed by atoms with van der Waals surface area (Å²) < 4.78 is 0. The summed E-state index contributed by atoms with van der Waals surface area (Å²) in [5.41, 5.74) is 1.97. The predicted octanol–water partition coefficient (Wildman–Crippen LogP) is 3.21. The second-order valence-electron chi connectivity index (χ2n) is 6.48. The number of aryl methyl sites for hydroxylation is 1. The molecule has 0 aliphatic heterocycles. The van der Waals surface area contributed by atoms with Crippen molar-refractivity contribution in [2.75, 3.05) is 12.4 Å². The monoisotopic (exact) mass is 410 g/mol.